The van der Waals surface area contributed by atoms with Gasteiger partial charge < -0.3 is 10.4 Å². The van der Waals surface area contributed by atoms with Crippen molar-refractivity contribution >= 4 is 11.9 Å². The van der Waals surface area contributed by atoms with Gasteiger partial charge in [-0.2, -0.15) is 0 Å². The first-order valence-electron chi connectivity index (χ1n) is 7.24. The summed E-state index contributed by atoms with van der Waals surface area (Å²) in [7, 11) is 0. The summed E-state index contributed by atoms with van der Waals surface area (Å²) in [4.78, 5) is 23.1. The number of aliphatic carboxylic acids is 1. The summed E-state index contributed by atoms with van der Waals surface area (Å²) in [5, 5.41) is 11.7. The van der Waals surface area contributed by atoms with Crippen LogP contribution in [0.4, 0.5) is 8.78 Å². The first kappa shape index (κ1) is 16.4. The molecule has 3 atom stereocenters. The first-order valence-corrected chi connectivity index (χ1v) is 7.24. The van der Waals surface area contributed by atoms with Crippen molar-refractivity contribution in [3.8, 4) is 0 Å². The molecular formula is C16H19F2NO3. The van der Waals surface area contributed by atoms with Crippen LogP contribution in [0.15, 0.2) is 18.2 Å². The maximum atomic E-state index is 13.2. The third kappa shape index (κ3) is 3.61. The Morgan fingerprint density at radius 3 is 2.59 bits per heavy atom. The van der Waals surface area contributed by atoms with Crippen LogP contribution in [0.1, 0.15) is 44.6 Å². The largest absolute Gasteiger partial charge is 0.481 e. The zero-order valence-electron chi connectivity index (χ0n) is 12.5. The second-order valence-electron chi connectivity index (χ2n) is 6.10. The molecule has 1 saturated carbocycles. The molecule has 0 spiro atoms. The average molecular weight is 311 g/mol. The van der Waals surface area contributed by atoms with E-state index in [0.29, 0.717) is 18.4 Å². The second-order valence-corrected chi connectivity index (χ2v) is 6.10. The second kappa shape index (κ2) is 6.02. The summed E-state index contributed by atoms with van der Waals surface area (Å²) in [6, 6.07) is 3.65. The fraction of sp³-hybridized carbons (Fsp3) is 0.500. The van der Waals surface area contributed by atoms with E-state index >= 15 is 0 Å². The zero-order chi connectivity index (χ0) is 16.5. The van der Waals surface area contributed by atoms with Crippen molar-refractivity contribution in [2.75, 3.05) is 0 Å². The number of halogens is 2. The molecule has 4 nitrogen and oxygen atoms in total. The van der Waals surface area contributed by atoms with Crippen molar-refractivity contribution < 1.29 is 23.5 Å². The fourth-order valence-corrected chi connectivity index (χ4v) is 2.58. The molecule has 1 fully saturated rings. The zero-order valence-corrected chi connectivity index (χ0v) is 12.5. The number of nitrogens with one attached hydrogen (secondary N) is 1. The molecule has 0 bridgehead atoms. The number of carbonyl (C=O) groups is 2. The van der Waals surface area contributed by atoms with Gasteiger partial charge in [-0.15, -0.1) is 0 Å². The number of carbonyl (C=O) groups excluding carboxylic acids is 1. The molecule has 1 amide bonds. The molecule has 0 radical (unpaired) electrons. The molecular weight excluding hydrogens is 292 g/mol. The Kier molecular flexibility index (Phi) is 4.49. The number of carboxylic acids is 1. The maximum absolute atomic E-state index is 13.2. The van der Waals surface area contributed by atoms with E-state index in [1.165, 1.54) is 6.07 Å². The molecule has 0 aliphatic heterocycles. The molecule has 2 rings (SSSR count). The van der Waals surface area contributed by atoms with E-state index < -0.39 is 23.1 Å². The van der Waals surface area contributed by atoms with Gasteiger partial charge in [-0.25, -0.2) is 8.78 Å². The van der Waals surface area contributed by atoms with Gasteiger partial charge in [-0.1, -0.05) is 13.0 Å². The molecule has 0 unspecified atom stereocenters. The molecule has 1 aliphatic rings. The Morgan fingerprint density at radius 2 is 2.05 bits per heavy atom. The van der Waals surface area contributed by atoms with E-state index in [2.05, 4.69) is 5.32 Å². The normalized spacial score (nSPS) is 22.7. The van der Waals surface area contributed by atoms with Crippen LogP contribution in [0.25, 0.3) is 0 Å². The molecule has 2 N–H and O–H groups in total. The van der Waals surface area contributed by atoms with Gasteiger partial charge >= 0.3 is 5.97 Å². The minimum atomic E-state index is -0.974. The van der Waals surface area contributed by atoms with Crippen molar-refractivity contribution in [1.29, 1.82) is 0 Å². The summed E-state index contributed by atoms with van der Waals surface area (Å²) < 4.78 is 26.1. The predicted octanol–water partition coefficient (Wildman–Crippen LogP) is 2.83. The van der Waals surface area contributed by atoms with Crippen LogP contribution in [0.5, 0.6) is 0 Å². The number of carboxylic acid groups (broad SMARTS) is 1. The Balaban J connectivity index is 2.00. The van der Waals surface area contributed by atoms with Crippen LogP contribution >= 0.6 is 0 Å². The highest BCUT2D eigenvalue weighted by Crippen LogP contribution is 2.48. The quantitative estimate of drug-likeness (QED) is 0.849. The van der Waals surface area contributed by atoms with Gasteiger partial charge in [0.25, 0.3) is 0 Å². The summed E-state index contributed by atoms with van der Waals surface area (Å²) in [6.07, 6.45) is 0.898. The summed E-state index contributed by atoms with van der Waals surface area (Å²) in [6.45, 7) is 3.50. The van der Waals surface area contributed by atoms with Crippen molar-refractivity contribution in [3.05, 3.63) is 35.4 Å². The van der Waals surface area contributed by atoms with Gasteiger partial charge in [0.15, 0.2) is 11.6 Å². The molecule has 22 heavy (non-hydrogen) atoms. The highest BCUT2D eigenvalue weighted by Gasteiger charge is 2.45. The molecule has 0 aromatic heterocycles. The molecule has 120 valence electrons. The first-order chi connectivity index (χ1) is 10.3. The molecule has 1 aromatic carbocycles. The standard InChI is InChI=1S/C16H19F2NO3/c1-3-16(2,8-14(20)21)19-15(22)11-7-10(11)9-4-5-12(17)13(18)6-9/h4-6,10-11H,3,7-8H2,1-2H3,(H,19,22)(H,20,21)/t10-,11-,16-/m1/s1. The van der Waals surface area contributed by atoms with Crippen LogP contribution in [0.3, 0.4) is 0 Å². The van der Waals surface area contributed by atoms with Gasteiger partial charge in [-0.3, -0.25) is 9.59 Å². The molecule has 6 heteroatoms. The number of amides is 1. The van der Waals surface area contributed by atoms with Crippen molar-refractivity contribution in [3.63, 3.8) is 0 Å². The Labute approximate surface area is 127 Å². The highest BCUT2D eigenvalue weighted by molar-refractivity contribution is 5.84. The molecule has 1 aliphatic carbocycles. The minimum Gasteiger partial charge on any atom is -0.481 e. The van der Waals surface area contributed by atoms with Crippen molar-refractivity contribution in [1.82, 2.24) is 5.32 Å². The third-order valence-electron chi connectivity index (χ3n) is 4.25. The molecule has 0 heterocycles. The van der Waals surface area contributed by atoms with Crippen molar-refractivity contribution in [2.45, 2.75) is 44.6 Å². The maximum Gasteiger partial charge on any atom is 0.305 e. The lowest BCUT2D eigenvalue weighted by atomic mass is 9.94. The highest BCUT2D eigenvalue weighted by atomic mass is 19.2. The van der Waals surface area contributed by atoms with Crippen molar-refractivity contribution in [2.24, 2.45) is 5.92 Å². The van der Waals surface area contributed by atoms with Gasteiger partial charge in [-0.05, 0) is 43.4 Å². The van der Waals surface area contributed by atoms with Crippen LogP contribution in [0, 0.1) is 17.6 Å². The smallest absolute Gasteiger partial charge is 0.305 e. The summed E-state index contributed by atoms with van der Waals surface area (Å²) in [5.41, 5.74) is -0.208. The van der Waals surface area contributed by atoms with Gasteiger partial charge in [0.2, 0.25) is 5.91 Å². The Hall–Kier alpha value is -1.98. The lowest BCUT2D eigenvalue weighted by Gasteiger charge is -2.28. The van der Waals surface area contributed by atoms with Crippen LogP contribution in [0.2, 0.25) is 0 Å². The minimum absolute atomic E-state index is 0.138. The molecule has 1 aromatic rings. The van der Waals surface area contributed by atoms with Gasteiger partial charge in [0, 0.05) is 11.5 Å². The molecule has 0 saturated heterocycles. The Morgan fingerprint density at radius 1 is 1.36 bits per heavy atom. The van der Waals surface area contributed by atoms with Gasteiger partial charge in [0.05, 0.1) is 6.42 Å². The number of benzene rings is 1. The fourth-order valence-electron chi connectivity index (χ4n) is 2.58. The lowest BCUT2D eigenvalue weighted by molar-refractivity contribution is -0.139. The predicted molar refractivity (Wildman–Crippen MR) is 76.3 cm³/mol. The van der Waals surface area contributed by atoms with Crippen LogP contribution in [-0.4, -0.2) is 22.5 Å². The average Bonchev–Trinajstić information content (AvgIpc) is 3.21. The van der Waals surface area contributed by atoms with E-state index in [1.54, 1.807) is 6.92 Å². The number of rotatable bonds is 6. The van der Waals surface area contributed by atoms with Crippen LogP contribution < -0.4 is 5.32 Å². The third-order valence-corrected chi connectivity index (χ3v) is 4.25. The Bertz CT molecular complexity index is 605. The van der Waals surface area contributed by atoms with E-state index in [-0.39, 0.29) is 24.2 Å². The van der Waals surface area contributed by atoms with Gasteiger partial charge in [0.1, 0.15) is 0 Å². The monoisotopic (exact) mass is 311 g/mol. The SMILES string of the molecule is CC[C@](C)(CC(=O)O)NC(=O)[C@@H]1C[C@@H]1c1ccc(F)c(F)c1. The summed E-state index contributed by atoms with van der Waals surface area (Å²) >= 11 is 0. The van der Waals surface area contributed by atoms with E-state index in [1.807, 2.05) is 6.92 Å². The van der Waals surface area contributed by atoms with Crippen LogP contribution in [-0.2, 0) is 9.59 Å². The lowest BCUT2D eigenvalue weighted by Crippen LogP contribution is -2.47. The number of hydrogen-bond acceptors (Lipinski definition) is 2. The number of hydrogen-bond donors (Lipinski definition) is 2. The van der Waals surface area contributed by atoms with E-state index in [9.17, 15) is 18.4 Å². The van der Waals surface area contributed by atoms with E-state index in [0.717, 1.165) is 12.1 Å². The van der Waals surface area contributed by atoms with E-state index in [4.69, 9.17) is 5.11 Å². The topological polar surface area (TPSA) is 66.4 Å². The summed E-state index contributed by atoms with van der Waals surface area (Å²) in [5.74, 6) is -3.50.